The van der Waals surface area contributed by atoms with Crippen LogP contribution in [0.25, 0.3) is 0 Å². The van der Waals surface area contributed by atoms with Crippen molar-refractivity contribution in [3.8, 4) is 11.8 Å². The standard InChI is InChI=1S/C20H36/c1-5-6-7-8-9-10-14-19(20(2,3)4)15-12-11-13-18-16-17-18/h18-19H,5-11,13-14,16-17H2,1-4H3. The quantitative estimate of drug-likeness (QED) is 0.329. The summed E-state index contributed by atoms with van der Waals surface area (Å²) in [7, 11) is 0. The van der Waals surface area contributed by atoms with E-state index in [1.165, 1.54) is 64.2 Å². The summed E-state index contributed by atoms with van der Waals surface area (Å²) in [6.07, 6.45) is 15.1. The molecule has 20 heavy (non-hydrogen) atoms. The van der Waals surface area contributed by atoms with Gasteiger partial charge < -0.3 is 0 Å². The number of rotatable bonds is 9. The smallest absolute Gasteiger partial charge is 0.0251 e. The van der Waals surface area contributed by atoms with Gasteiger partial charge in [-0.1, -0.05) is 85.0 Å². The highest BCUT2D eigenvalue weighted by molar-refractivity contribution is 5.07. The van der Waals surface area contributed by atoms with Crippen molar-refractivity contribution in [1.82, 2.24) is 0 Å². The molecule has 1 fully saturated rings. The van der Waals surface area contributed by atoms with Crippen molar-refractivity contribution in [2.75, 3.05) is 0 Å². The van der Waals surface area contributed by atoms with Gasteiger partial charge in [0, 0.05) is 12.3 Å². The molecule has 0 heteroatoms. The van der Waals surface area contributed by atoms with Crippen molar-refractivity contribution >= 4 is 0 Å². The van der Waals surface area contributed by atoms with E-state index in [9.17, 15) is 0 Å². The zero-order chi connectivity index (χ0) is 14.8. The molecule has 0 N–H and O–H groups in total. The number of hydrogen-bond donors (Lipinski definition) is 0. The lowest BCUT2D eigenvalue weighted by atomic mass is 9.78. The second-order valence-electron chi connectivity index (χ2n) is 7.78. The average Bonchev–Trinajstić information content (AvgIpc) is 3.18. The highest BCUT2D eigenvalue weighted by atomic mass is 14.3. The Morgan fingerprint density at radius 1 is 1.00 bits per heavy atom. The van der Waals surface area contributed by atoms with Crippen molar-refractivity contribution in [1.29, 1.82) is 0 Å². The molecule has 0 amide bonds. The van der Waals surface area contributed by atoms with E-state index in [4.69, 9.17) is 0 Å². The summed E-state index contributed by atoms with van der Waals surface area (Å²) in [5, 5.41) is 0. The van der Waals surface area contributed by atoms with Crippen molar-refractivity contribution in [2.24, 2.45) is 17.3 Å². The number of hydrogen-bond acceptors (Lipinski definition) is 0. The Bertz CT molecular complexity index is 292. The first kappa shape index (κ1) is 17.6. The van der Waals surface area contributed by atoms with Crippen LogP contribution in [0.5, 0.6) is 0 Å². The van der Waals surface area contributed by atoms with Gasteiger partial charge in [-0.3, -0.25) is 0 Å². The third-order valence-corrected chi connectivity index (χ3v) is 4.54. The lowest BCUT2D eigenvalue weighted by Crippen LogP contribution is -2.18. The summed E-state index contributed by atoms with van der Waals surface area (Å²) in [5.41, 5.74) is 0.343. The van der Waals surface area contributed by atoms with Gasteiger partial charge in [-0.25, -0.2) is 0 Å². The maximum atomic E-state index is 3.59. The molecule has 0 bridgehead atoms. The van der Waals surface area contributed by atoms with Gasteiger partial charge in [0.05, 0.1) is 0 Å². The van der Waals surface area contributed by atoms with E-state index >= 15 is 0 Å². The minimum Gasteiger partial charge on any atom is -0.103 e. The first-order valence-electron chi connectivity index (χ1n) is 9.02. The van der Waals surface area contributed by atoms with Crippen LogP contribution < -0.4 is 0 Å². The summed E-state index contributed by atoms with van der Waals surface area (Å²) in [4.78, 5) is 0. The van der Waals surface area contributed by atoms with Gasteiger partial charge in [-0.05, 0) is 24.2 Å². The van der Waals surface area contributed by atoms with Gasteiger partial charge in [0.1, 0.15) is 0 Å². The first-order chi connectivity index (χ1) is 9.54. The lowest BCUT2D eigenvalue weighted by Gasteiger charge is -2.26. The van der Waals surface area contributed by atoms with Crippen LogP contribution in [0.2, 0.25) is 0 Å². The molecule has 1 aliphatic rings. The summed E-state index contributed by atoms with van der Waals surface area (Å²) >= 11 is 0. The molecule has 1 saturated carbocycles. The molecule has 0 heterocycles. The fraction of sp³-hybridized carbons (Fsp3) is 0.900. The van der Waals surface area contributed by atoms with E-state index in [1.807, 2.05) is 0 Å². The van der Waals surface area contributed by atoms with Gasteiger partial charge in [-0.2, -0.15) is 0 Å². The molecule has 1 rings (SSSR count). The fourth-order valence-electron chi connectivity index (χ4n) is 2.73. The zero-order valence-electron chi connectivity index (χ0n) is 14.4. The summed E-state index contributed by atoms with van der Waals surface area (Å²) < 4.78 is 0. The molecular formula is C20H36. The topological polar surface area (TPSA) is 0 Å². The first-order valence-corrected chi connectivity index (χ1v) is 9.02. The Balaban J connectivity index is 2.21. The fourth-order valence-corrected chi connectivity index (χ4v) is 2.73. The van der Waals surface area contributed by atoms with Crippen LogP contribution >= 0.6 is 0 Å². The van der Waals surface area contributed by atoms with E-state index in [0.717, 1.165) is 12.3 Å². The Morgan fingerprint density at radius 3 is 2.25 bits per heavy atom. The Morgan fingerprint density at radius 2 is 1.65 bits per heavy atom. The molecule has 1 unspecified atom stereocenters. The van der Waals surface area contributed by atoms with Crippen molar-refractivity contribution in [3.05, 3.63) is 0 Å². The third kappa shape index (κ3) is 8.68. The second kappa shape index (κ2) is 9.49. The molecule has 0 spiro atoms. The molecule has 116 valence electrons. The Hall–Kier alpha value is -0.440. The van der Waals surface area contributed by atoms with Gasteiger partial charge in [0.15, 0.2) is 0 Å². The molecule has 1 atom stereocenters. The summed E-state index contributed by atoms with van der Waals surface area (Å²) in [6, 6.07) is 0. The molecule has 0 saturated heterocycles. The maximum Gasteiger partial charge on any atom is 0.0251 e. The summed E-state index contributed by atoms with van der Waals surface area (Å²) in [5.74, 6) is 8.68. The van der Waals surface area contributed by atoms with E-state index < -0.39 is 0 Å². The molecule has 1 aliphatic carbocycles. The Kier molecular flexibility index (Phi) is 8.35. The number of unbranched alkanes of at least 4 members (excludes halogenated alkanes) is 5. The summed E-state index contributed by atoms with van der Waals surface area (Å²) in [6.45, 7) is 9.34. The minimum absolute atomic E-state index is 0.343. The van der Waals surface area contributed by atoms with Gasteiger partial charge in [0.25, 0.3) is 0 Å². The second-order valence-corrected chi connectivity index (χ2v) is 7.78. The molecule has 0 aromatic carbocycles. The van der Waals surface area contributed by atoms with Crippen LogP contribution in [0.15, 0.2) is 0 Å². The van der Waals surface area contributed by atoms with Crippen LogP contribution in [0.3, 0.4) is 0 Å². The maximum absolute atomic E-state index is 3.59. The van der Waals surface area contributed by atoms with Crippen molar-refractivity contribution in [3.63, 3.8) is 0 Å². The van der Waals surface area contributed by atoms with Crippen LogP contribution in [0, 0.1) is 29.1 Å². The van der Waals surface area contributed by atoms with E-state index in [1.54, 1.807) is 0 Å². The van der Waals surface area contributed by atoms with Crippen LogP contribution in [-0.2, 0) is 0 Å². The lowest BCUT2D eigenvalue weighted by molar-refractivity contribution is 0.280. The van der Waals surface area contributed by atoms with E-state index in [0.29, 0.717) is 11.3 Å². The molecule has 0 aromatic heterocycles. The predicted molar refractivity (Wildman–Crippen MR) is 90.7 cm³/mol. The minimum atomic E-state index is 0.343. The highest BCUT2D eigenvalue weighted by Crippen LogP contribution is 2.33. The molecular weight excluding hydrogens is 240 g/mol. The van der Waals surface area contributed by atoms with Crippen molar-refractivity contribution < 1.29 is 0 Å². The highest BCUT2D eigenvalue weighted by Gasteiger charge is 2.22. The van der Waals surface area contributed by atoms with E-state index in [2.05, 4.69) is 39.5 Å². The molecule has 0 nitrogen and oxygen atoms in total. The van der Waals surface area contributed by atoms with Crippen LogP contribution in [-0.4, -0.2) is 0 Å². The van der Waals surface area contributed by atoms with E-state index in [-0.39, 0.29) is 0 Å². The van der Waals surface area contributed by atoms with Crippen LogP contribution in [0.4, 0.5) is 0 Å². The Labute approximate surface area is 128 Å². The molecule has 0 aromatic rings. The van der Waals surface area contributed by atoms with Crippen molar-refractivity contribution in [2.45, 2.75) is 98.3 Å². The van der Waals surface area contributed by atoms with Gasteiger partial charge in [0.2, 0.25) is 0 Å². The normalized spacial score (nSPS) is 16.6. The largest absolute Gasteiger partial charge is 0.103 e. The van der Waals surface area contributed by atoms with Crippen LogP contribution in [0.1, 0.15) is 98.3 Å². The predicted octanol–water partition coefficient (Wildman–Crippen LogP) is 6.59. The zero-order valence-corrected chi connectivity index (χ0v) is 14.4. The van der Waals surface area contributed by atoms with Gasteiger partial charge >= 0.3 is 0 Å². The molecule has 0 aliphatic heterocycles. The molecule has 0 radical (unpaired) electrons. The van der Waals surface area contributed by atoms with Gasteiger partial charge in [-0.15, -0.1) is 5.92 Å². The SMILES string of the molecule is CCCCCCCCC(C#CCCC1CC1)C(C)(C)C. The third-order valence-electron chi connectivity index (χ3n) is 4.54. The average molecular weight is 277 g/mol. The monoisotopic (exact) mass is 276 g/mol.